The van der Waals surface area contributed by atoms with Crippen LogP contribution in [0.4, 0.5) is 0 Å². The molecule has 3 aliphatic rings. The van der Waals surface area contributed by atoms with Gasteiger partial charge >= 0.3 is 16.2 Å². The Balaban J connectivity index is 1.38. The van der Waals surface area contributed by atoms with E-state index in [-0.39, 0.29) is 18.7 Å². The van der Waals surface area contributed by atoms with E-state index in [4.69, 9.17) is 9.47 Å². The summed E-state index contributed by atoms with van der Waals surface area (Å²) in [6, 6.07) is 11.2. The summed E-state index contributed by atoms with van der Waals surface area (Å²) in [7, 11) is -1.09. The van der Waals surface area contributed by atoms with Gasteiger partial charge in [0.15, 0.2) is 0 Å². The third kappa shape index (κ3) is 6.64. The van der Waals surface area contributed by atoms with Gasteiger partial charge in [-0.05, 0) is 66.3 Å². The average molecular weight is 636 g/mol. The Morgan fingerprint density at radius 1 is 1.02 bits per heavy atom. The van der Waals surface area contributed by atoms with Crippen LogP contribution in [0.1, 0.15) is 59.5 Å². The highest BCUT2D eigenvalue weighted by Crippen LogP contribution is 2.47. The lowest BCUT2D eigenvalue weighted by Crippen LogP contribution is -2.48. The van der Waals surface area contributed by atoms with Gasteiger partial charge in [-0.3, -0.25) is 9.69 Å². The van der Waals surface area contributed by atoms with E-state index >= 15 is 0 Å². The van der Waals surface area contributed by atoms with Crippen molar-refractivity contribution < 1.29 is 27.5 Å². The monoisotopic (exact) mass is 635 g/mol. The Labute approximate surface area is 264 Å². The van der Waals surface area contributed by atoms with Crippen LogP contribution < -0.4 is 19.5 Å². The summed E-state index contributed by atoms with van der Waals surface area (Å²) in [6.45, 7) is 4.44. The maximum Gasteiger partial charge on any atom is 0.335 e. The number of aromatic nitrogens is 1. The highest BCUT2D eigenvalue weighted by Gasteiger charge is 2.31. The molecule has 12 heteroatoms. The van der Waals surface area contributed by atoms with Crippen LogP contribution in [0.5, 0.6) is 5.75 Å². The van der Waals surface area contributed by atoms with Crippen LogP contribution in [0.3, 0.4) is 0 Å². The quantitative estimate of drug-likeness (QED) is 0.305. The molecule has 0 unspecified atom stereocenters. The van der Waals surface area contributed by atoms with Crippen molar-refractivity contribution in [3.63, 3.8) is 0 Å². The number of benzene rings is 2. The van der Waals surface area contributed by atoms with Crippen LogP contribution in [0, 0.1) is 0 Å². The zero-order valence-electron chi connectivity index (χ0n) is 25.9. The molecule has 45 heavy (non-hydrogen) atoms. The number of methoxy groups -OCH3 is 2. The van der Waals surface area contributed by atoms with Gasteiger partial charge in [0.25, 0.3) is 5.91 Å². The first kappa shape index (κ1) is 31.3. The number of piperazine rings is 1. The molecule has 0 atom stereocenters. The number of hydrogen-bond acceptors (Lipinski definition) is 8. The Morgan fingerprint density at radius 2 is 1.80 bits per heavy atom. The van der Waals surface area contributed by atoms with E-state index in [1.807, 2.05) is 30.3 Å². The fourth-order valence-electron chi connectivity index (χ4n) is 6.93. The minimum atomic E-state index is -4.07. The maximum absolute atomic E-state index is 13.3. The molecule has 1 aromatic heterocycles. The molecule has 240 valence electrons. The smallest absolute Gasteiger partial charge is 0.335 e. The molecule has 1 aliphatic carbocycles. The molecule has 11 nitrogen and oxygen atoms in total. The third-order valence-corrected chi connectivity index (χ3v) is 10.2. The molecular formula is C33H41N5O6S. The van der Waals surface area contributed by atoms with Gasteiger partial charge in [0.1, 0.15) is 5.75 Å². The number of carbonyl (C=O) groups is 2. The molecular weight excluding hydrogens is 594 g/mol. The van der Waals surface area contributed by atoms with E-state index in [9.17, 15) is 18.0 Å². The van der Waals surface area contributed by atoms with Gasteiger partial charge < -0.3 is 19.4 Å². The molecule has 3 aromatic rings. The minimum absolute atomic E-state index is 0.200. The van der Waals surface area contributed by atoms with Crippen molar-refractivity contribution in [2.24, 2.45) is 0 Å². The number of fused-ring (bicyclic) bond motifs is 5. The van der Waals surface area contributed by atoms with Crippen LogP contribution in [-0.4, -0.2) is 83.2 Å². The zero-order valence-corrected chi connectivity index (χ0v) is 26.7. The number of nitrogens with one attached hydrogen (secondary N) is 3. The topological polar surface area (TPSA) is 131 Å². The fourth-order valence-corrected chi connectivity index (χ4v) is 7.72. The van der Waals surface area contributed by atoms with E-state index in [0.29, 0.717) is 23.8 Å². The predicted octanol–water partition coefficient (Wildman–Crippen LogP) is 3.40. The SMILES string of the molecule is COC(=O)C1=Cc2cc(OC)ccc2-c2c(C3CCCCC3)c3ccc(C(=O)NS(=O)(=O)NCCN4CCNCC4)cc3n2C1. The molecule has 3 heterocycles. The molecule has 0 spiro atoms. The molecule has 3 N–H and O–H groups in total. The third-order valence-electron chi connectivity index (χ3n) is 9.16. The second-order valence-electron chi connectivity index (χ2n) is 12.0. The normalized spacial score (nSPS) is 17.6. The van der Waals surface area contributed by atoms with Crippen molar-refractivity contribution in [2.45, 2.75) is 44.6 Å². The van der Waals surface area contributed by atoms with Gasteiger partial charge in [0, 0.05) is 61.3 Å². The highest BCUT2D eigenvalue weighted by atomic mass is 32.2. The molecule has 0 radical (unpaired) electrons. The van der Waals surface area contributed by atoms with Gasteiger partial charge in [-0.15, -0.1) is 0 Å². The lowest BCUT2D eigenvalue weighted by molar-refractivity contribution is -0.136. The molecule has 2 aliphatic heterocycles. The highest BCUT2D eigenvalue weighted by molar-refractivity contribution is 7.88. The lowest BCUT2D eigenvalue weighted by atomic mass is 9.81. The van der Waals surface area contributed by atoms with Crippen LogP contribution >= 0.6 is 0 Å². The molecule has 1 amide bonds. The van der Waals surface area contributed by atoms with Crippen molar-refractivity contribution in [1.82, 2.24) is 24.2 Å². The Hall–Kier alpha value is -3.71. The molecule has 2 aromatic carbocycles. The Morgan fingerprint density at radius 3 is 2.53 bits per heavy atom. The first-order chi connectivity index (χ1) is 21.8. The molecule has 1 saturated carbocycles. The van der Waals surface area contributed by atoms with Crippen LogP contribution in [0.25, 0.3) is 28.2 Å². The van der Waals surface area contributed by atoms with Gasteiger partial charge in [-0.1, -0.05) is 25.3 Å². The first-order valence-electron chi connectivity index (χ1n) is 15.7. The lowest BCUT2D eigenvalue weighted by Gasteiger charge is -2.27. The summed E-state index contributed by atoms with van der Waals surface area (Å²) in [5.41, 5.74) is 5.46. The van der Waals surface area contributed by atoms with E-state index in [1.165, 1.54) is 19.1 Å². The van der Waals surface area contributed by atoms with E-state index < -0.39 is 22.1 Å². The number of nitrogens with zero attached hydrogens (tertiary/aromatic N) is 2. The molecule has 0 bridgehead atoms. The van der Waals surface area contributed by atoms with Crippen molar-refractivity contribution in [2.75, 3.05) is 53.5 Å². The summed E-state index contributed by atoms with van der Waals surface area (Å²) in [5.74, 6) is -0.167. The Bertz CT molecular complexity index is 1740. The fraction of sp³-hybridized carbons (Fsp3) is 0.455. The van der Waals surface area contributed by atoms with Crippen molar-refractivity contribution in [1.29, 1.82) is 0 Å². The van der Waals surface area contributed by atoms with Gasteiger partial charge in [0.05, 0.1) is 32.0 Å². The van der Waals surface area contributed by atoms with E-state index in [1.54, 1.807) is 19.2 Å². The standard InChI is InChI=1S/C33H41N5O6S/c1-43-26-9-11-27-24(19-26)18-25(33(40)44-2)21-38-29-20-23(8-10-28(29)30(31(27)38)22-6-4-3-5-7-22)32(39)36-45(41,42)35-14-17-37-15-12-34-13-16-37/h8-11,18-20,22,34-35H,3-7,12-17,21H2,1-2H3,(H,36,39). The maximum atomic E-state index is 13.3. The first-order valence-corrected chi connectivity index (χ1v) is 17.1. The number of carbonyl (C=O) groups excluding carboxylic acids is 2. The number of ether oxygens (including phenoxy) is 2. The second kappa shape index (κ2) is 13.3. The molecule has 6 rings (SSSR count). The van der Waals surface area contributed by atoms with Gasteiger partial charge in [-0.25, -0.2) is 9.52 Å². The second-order valence-corrected chi connectivity index (χ2v) is 13.4. The summed E-state index contributed by atoms with van der Waals surface area (Å²) >= 11 is 0. The van der Waals surface area contributed by atoms with Crippen molar-refractivity contribution in [3.05, 3.63) is 58.7 Å². The number of rotatable bonds is 9. The largest absolute Gasteiger partial charge is 0.497 e. The minimum Gasteiger partial charge on any atom is -0.497 e. The van der Waals surface area contributed by atoms with Gasteiger partial charge in [0.2, 0.25) is 0 Å². The summed E-state index contributed by atoms with van der Waals surface area (Å²) in [4.78, 5) is 28.5. The predicted molar refractivity (Wildman–Crippen MR) is 173 cm³/mol. The molecule has 2 fully saturated rings. The Kier molecular flexibility index (Phi) is 9.27. The van der Waals surface area contributed by atoms with Crippen LogP contribution in [0.2, 0.25) is 0 Å². The number of esters is 1. The van der Waals surface area contributed by atoms with E-state index in [2.05, 4.69) is 24.2 Å². The summed E-state index contributed by atoms with van der Waals surface area (Å²) in [6.07, 6.45) is 7.43. The number of hydrogen-bond donors (Lipinski definition) is 3. The average Bonchev–Trinajstić information content (AvgIpc) is 3.27. The van der Waals surface area contributed by atoms with Gasteiger partial charge in [-0.2, -0.15) is 13.1 Å². The van der Waals surface area contributed by atoms with Crippen molar-refractivity contribution >= 4 is 39.1 Å². The number of amides is 1. The van der Waals surface area contributed by atoms with Crippen LogP contribution in [0.15, 0.2) is 42.0 Å². The van der Waals surface area contributed by atoms with Crippen molar-refractivity contribution in [3.8, 4) is 17.0 Å². The summed E-state index contributed by atoms with van der Waals surface area (Å²) < 4.78 is 43.0. The zero-order chi connectivity index (χ0) is 31.6. The summed E-state index contributed by atoms with van der Waals surface area (Å²) in [5, 5.41) is 4.27. The van der Waals surface area contributed by atoms with Crippen LogP contribution in [-0.2, 0) is 26.3 Å². The molecule has 1 saturated heterocycles. The van der Waals surface area contributed by atoms with E-state index in [0.717, 1.165) is 79.6 Å².